The topological polar surface area (TPSA) is 31.0 Å². The Morgan fingerprint density at radius 2 is 1.00 bits per heavy atom. The normalized spacial score (nSPS) is 12.1. The van der Waals surface area contributed by atoms with Gasteiger partial charge in [-0.15, -0.1) is 0 Å². The molecular formula is C41H24N2O. The van der Waals surface area contributed by atoms with Gasteiger partial charge < -0.3 is 8.98 Å². The summed E-state index contributed by atoms with van der Waals surface area (Å²) in [5.41, 5.74) is 8.36. The van der Waals surface area contributed by atoms with Crippen LogP contribution >= 0.6 is 0 Å². The average Bonchev–Trinajstić information content (AvgIpc) is 3.65. The minimum Gasteiger partial charge on any atom is -0.455 e. The number of fused-ring (bicyclic) bond motifs is 13. The molecule has 0 saturated carbocycles. The molecule has 0 aliphatic carbocycles. The van der Waals surface area contributed by atoms with Crippen LogP contribution in [0.15, 0.2) is 150 Å². The van der Waals surface area contributed by atoms with Crippen molar-refractivity contribution in [3.63, 3.8) is 0 Å². The van der Waals surface area contributed by atoms with Crippen molar-refractivity contribution in [3.05, 3.63) is 146 Å². The molecule has 0 unspecified atom stereocenters. The summed E-state index contributed by atoms with van der Waals surface area (Å²) in [7, 11) is 0. The minimum absolute atomic E-state index is 0.890. The van der Waals surface area contributed by atoms with Crippen LogP contribution in [0.3, 0.4) is 0 Å². The van der Waals surface area contributed by atoms with Crippen molar-refractivity contribution in [1.82, 2.24) is 9.55 Å². The molecule has 0 N–H and O–H groups in total. The van der Waals surface area contributed by atoms with E-state index in [-0.39, 0.29) is 0 Å². The molecule has 3 aromatic heterocycles. The number of furan rings is 1. The van der Waals surface area contributed by atoms with Crippen molar-refractivity contribution in [3.8, 4) is 16.9 Å². The summed E-state index contributed by atoms with van der Waals surface area (Å²) in [6.45, 7) is 0. The summed E-state index contributed by atoms with van der Waals surface area (Å²) in [6, 6.07) is 51.6. The highest BCUT2D eigenvalue weighted by atomic mass is 16.3. The van der Waals surface area contributed by atoms with E-state index in [4.69, 9.17) is 9.40 Å². The third-order valence-electron chi connectivity index (χ3n) is 9.16. The number of aromatic nitrogens is 2. The van der Waals surface area contributed by atoms with Gasteiger partial charge in [0.05, 0.1) is 22.2 Å². The first-order valence-corrected chi connectivity index (χ1v) is 15.0. The van der Waals surface area contributed by atoms with Crippen molar-refractivity contribution in [2.75, 3.05) is 0 Å². The molecule has 3 heteroatoms. The molecule has 204 valence electrons. The van der Waals surface area contributed by atoms with Crippen LogP contribution in [0, 0.1) is 0 Å². The molecule has 0 aliphatic heterocycles. The van der Waals surface area contributed by atoms with Crippen molar-refractivity contribution >= 4 is 76.2 Å². The number of nitrogens with zero attached hydrogens (tertiary/aromatic N) is 2. The molecule has 3 nitrogen and oxygen atoms in total. The van der Waals surface area contributed by atoms with Gasteiger partial charge in [-0.1, -0.05) is 109 Å². The number of hydrogen-bond donors (Lipinski definition) is 0. The number of pyridine rings is 1. The van der Waals surface area contributed by atoms with Gasteiger partial charge in [0.25, 0.3) is 0 Å². The van der Waals surface area contributed by atoms with Gasteiger partial charge in [0.2, 0.25) is 0 Å². The molecule has 0 fully saturated rings. The first-order chi connectivity index (χ1) is 21.8. The Balaban J connectivity index is 1.32. The zero-order chi connectivity index (χ0) is 28.8. The summed E-state index contributed by atoms with van der Waals surface area (Å²) in [5, 5.41) is 10.5. The highest BCUT2D eigenvalue weighted by Gasteiger charge is 2.21. The molecule has 3 heterocycles. The van der Waals surface area contributed by atoms with Gasteiger partial charge in [0, 0.05) is 54.3 Å². The van der Waals surface area contributed by atoms with Gasteiger partial charge in [-0.25, -0.2) is 4.98 Å². The lowest BCUT2D eigenvalue weighted by Crippen LogP contribution is -1.95. The lowest BCUT2D eigenvalue weighted by atomic mass is 9.91. The van der Waals surface area contributed by atoms with E-state index in [9.17, 15) is 0 Å². The van der Waals surface area contributed by atoms with Gasteiger partial charge in [0.1, 0.15) is 11.2 Å². The van der Waals surface area contributed by atoms with Crippen molar-refractivity contribution in [2.45, 2.75) is 0 Å². The maximum absolute atomic E-state index is 6.60. The first-order valence-electron chi connectivity index (χ1n) is 15.0. The molecule has 0 amide bonds. The Morgan fingerprint density at radius 1 is 0.432 bits per heavy atom. The number of para-hydroxylation sites is 4. The number of hydrogen-bond acceptors (Lipinski definition) is 2. The van der Waals surface area contributed by atoms with Crippen LogP contribution in [-0.4, -0.2) is 9.55 Å². The Bertz CT molecular complexity index is 2710. The summed E-state index contributed by atoms with van der Waals surface area (Å²) in [4.78, 5) is 5.36. The minimum atomic E-state index is 0.890. The highest BCUT2D eigenvalue weighted by molar-refractivity contribution is 6.36. The smallest absolute Gasteiger partial charge is 0.143 e. The zero-order valence-electron chi connectivity index (χ0n) is 23.7. The largest absolute Gasteiger partial charge is 0.455 e. The molecule has 0 bridgehead atoms. The Kier molecular flexibility index (Phi) is 4.72. The van der Waals surface area contributed by atoms with E-state index >= 15 is 0 Å². The Hall–Kier alpha value is -5.93. The summed E-state index contributed by atoms with van der Waals surface area (Å²) >= 11 is 0. The Labute approximate surface area is 252 Å². The molecular weight excluding hydrogens is 536 g/mol. The molecule has 10 aromatic rings. The second-order valence-electron chi connectivity index (χ2n) is 11.5. The van der Waals surface area contributed by atoms with E-state index in [1.807, 2.05) is 6.07 Å². The third kappa shape index (κ3) is 3.13. The Morgan fingerprint density at radius 3 is 1.73 bits per heavy atom. The van der Waals surface area contributed by atoms with E-state index in [2.05, 4.69) is 144 Å². The predicted molar refractivity (Wildman–Crippen MR) is 184 cm³/mol. The zero-order valence-corrected chi connectivity index (χ0v) is 23.7. The molecule has 0 radical (unpaired) electrons. The average molecular weight is 561 g/mol. The van der Waals surface area contributed by atoms with Crippen LogP contribution in [0.4, 0.5) is 0 Å². The van der Waals surface area contributed by atoms with E-state index in [0.29, 0.717) is 0 Å². The monoisotopic (exact) mass is 560 g/mol. The maximum atomic E-state index is 6.60. The highest BCUT2D eigenvalue weighted by Crippen LogP contribution is 2.46. The van der Waals surface area contributed by atoms with Crippen LogP contribution in [0.2, 0.25) is 0 Å². The number of rotatable bonds is 2. The van der Waals surface area contributed by atoms with Gasteiger partial charge in [-0.3, -0.25) is 0 Å². The van der Waals surface area contributed by atoms with Crippen LogP contribution in [0.25, 0.3) is 93.1 Å². The van der Waals surface area contributed by atoms with Crippen LogP contribution in [0.1, 0.15) is 0 Å². The molecule has 44 heavy (non-hydrogen) atoms. The second-order valence-corrected chi connectivity index (χ2v) is 11.5. The van der Waals surface area contributed by atoms with Crippen molar-refractivity contribution in [1.29, 1.82) is 0 Å². The summed E-state index contributed by atoms with van der Waals surface area (Å²) in [5.74, 6) is 0. The lowest BCUT2D eigenvalue weighted by molar-refractivity contribution is 0.673. The molecule has 10 rings (SSSR count). The van der Waals surface area contributed by atoms with Crippen molar-refractivity contribution < 1.29 is 4.42 Å². The van der Waals surface area contributed by atoms with Crippen molar-refractivity contribution in [2.24, 2.45) is 0 Å². The summed E-state index contributed by atoms with van der Waals surface area (Å²) in [6.07, 6.45) is 0. The fourth-order valence-corrected chi connectivity index (χ4v) is 7.30. The molecule has 0 atom stereocenters. The van der Waals surface area contributed by atoms with Gasteiger partial charge >= 0.3 is 0 Å². The fourth-order valence-electron chi connectivity index (χ4n) is 7.30. The van der Waals surface area contributed by atoms with E-state index in [0.717, 1.165) is 60.6 Å². The molecule has 0 aliphatic rings. The molecule has 0 spiro atoms. The van der Waals surface area contributed by atoms with Gasteiger partial charge in [-0.05, 0) is 41.8 Å². The van der Waals surface area contributed by atoms with Gasteiger partial charge in [-0.2, -0.15) is 0 Å². The van der Waals surface area contributed by atoms with Crippen LogP contribution < -0.4 is 0 Å². The standard InChI is InChI=1S/C41H24N2O/c1-2-14-30-29(13-1)37-31-15-3-7-17-33(31)42-40(39(37)38-32-16-6-10-20-36(32)44-41(30)38)25-21-23-26(24-22-25)43-34-18-8-4-11-27(34)28-12-5-9-19-35(28)43/h1-24H. The fraction of sp³-hybridized carbons (Fsp3) is 0. The van der Waals surface area contributed by atoms with E-state index in [1.165, 1.54) is 32.6 Å². The summed E-state index contributed by atoms with van der Waals surface area (Å²) < 4.78 is 8.95. The second kappa shape index (κ2) is 8.79. The SMILES string of the molecule is c1ccc2c(c1)nc(-c1ccc(-n3c4ccccc4c4ccccc43)cc1)c1c2c2ccccc2c2oc3ccccc3c21. The first kappa shape index (κ1) is 23.6. The molecule has 7 aromatic carbocycles. The van der Waals surface area contributed by atoms with Crippen LogP contribution in [-0.2, 0) is 0 Å². The molecule has 0 saturated heterocycles. The predicted octanol–water partition coefficient (Wildman–Crippen LogP) is 11.2. The quantitative estimate of drug-likeness (QED) is 0.197. The van der Waals surface area contributed by atoms with E-state index in [1.54, 1.807) is 0 Å². The third-order valence-corrected chi connectivity index (χ3v) is 9.16. The van der Waals surface area contributed by atoms with E-state index < -0.39 is 0 Å². The number of benzene rings is 7. The van der Waals surface area contributed by atoms with Crippen LogP contribution in [0.5, 0.6) is 0 Å². The maximum Gasteiger partial charge on any atom is 0.143 e. The van der Waals surface area contributed by atoms with Gasteiger partial charge in [0.15, 0.2) is 0 Å². The lowest BCUT2D eigenvalue weighted by Gasteiger charge is -2.15.